The highest BCUT2D eigenvalue weighted by atomic mass is 16.3. The van der Waals surface area contributed by atoms with E-state index in [1.807, 2.05) is 159 Å². The summed E-state index contributed by atoms with van der Waals surface area (Å²) in [4.78, 5) is 27.8. The molecule has 0 fully saturated rings. The molecule has 0 aliphatic heterocycles. The van der Waals surface area contributed by atoms with E-state index in [9.17, 15) is 19.8 Å². The molecule has 6 aromatic rings. The van der Waals surface area contributed by atoms with Gasteiger partial charge < -0.3 is 20.8 Å². The summed E-state index contributed by atoms with van der Waals surface area (Å²) < 4.78 is 0. The van der Waals surface area contributed by atoms with Crippen LogP contribution in [0.4, 0.5) is 11.4 Å². The second-order valence-electron chi connectivity index (χ2n) is 12.6. The Labute approximate surface area is 286 Å². The van der Waals surface area contributed by atoms with Crippen LogP contribution in [-0.2, 0) is 15.0 Å². The molecule has 0 saturated heterocycles. The van der Waals surface area contributed by atoms with Gasteiger partial charge in [0, 0.05) is 27.9 Å². The topological polar surface area (TPSA) is 98.7 Å². The molecule has 0 aliphatic rings. The van der Waals surface area contributed by atoms with Crippen molar-refractivity contribution < 1.29 is 19.8 Å². The highest BCUT2D eigenvalue weighted by molar-refractivity contribution is 5.99. The Morgan fingerprint density at radius 2 is 0.816 bits per heavy atom. The SMILES string of the molecule is CC(C)(c1ccc(O)c(C(C(=O)Nc2ccccc2)c2ccccc2)c1)c1ccc(O)c(C(C(=O)Nc2ccccc2)c2ccccc2)c1. The lowest BCUT2D eigenvalue weighted by Crippen LogP contribution is -2.25. The zero-order valence-corrected chi connectivity index (χ0v) is 27.4. The van der Waals surface area contributed by atoms with Crippen molar-refractivity contribution in [3.05, 3.63) is 191 Å². The van der Waals surface area contributed by atoms with Crippen LogP contribution in [0.1, 0.15) is 59.1 Å². The third kappa shape index (κ3) is 7.24. The van der Waals surface area contributed by atoms with Crippen molar-refractivity contribution in [2.45, 2.75) is 31.1 Å². The van der Waals surface area contributed by atoms with Crippen LogP contribution in [0.5, 0.6) is 11.5 Å². The molecule has 6 rings (SSSR count). The highest BCUT2D eigenvalue weighted by Crippen LogP contribution is 2.41. The summed E-state index contributed by atoms with van der Waals surface area (Å²) in [5.41, 5.74) is 4.74. The fourth-order valence-corrected chi connectivity index (χ4v) is 6.22. The number of rotatable bonds is 10. The smallest absolute Gasteiger partial charge is 0.236 e. The van der Waals surface area contributed by atoms with E-state index in [0.717, 1.165) is 22.3 Å². The molecule has 6 nitrogen and oxygen atoms in total. The first-order chi connectivity index (χ1) is 23.7. The number of hydrogen-bond donors (Lipinski definition) is 4. The summed E-state index contributed by atoms with van der Waals surface area (Å²) in [6, 6.07) is 48.0. The maximum Gasteiger partial charge on any atom is 0.236 e. The predicted octanol–water partition coefficient (Wildman–Crippen LogP) is 8.96. The summed E-state index contributed by atoms with van der Waals surface area (Å²) in [5.74, 6) is -2.13. The first-order valence-corrected chi connectivity index (χ1v) is 16.2. The van der Waals surface area contributed by atoms with Gasteiger partial charge >= 0.3 is 0 Å². The average Bonchev–Trinajstić information content (AvgIpc) is 3.12. The number of carbonyl (C=O) groups excluding carboxylic acids is 2. The Bertz CT molecular complexity index is 1900. The highest BCUT2D eigenvalue weighted by Gasteiger charge is 2.32. The van der Waals surface area contributed by atoms with Crippen LogP contribution in [-0.4, -0.2) is 22.0 Å². The molecular formula is C43H38N2O4. The van der Waals surface area contributed by atoms with Crippen LogP contribution in [0.2, 0.25) is 0 Å². The number of nitrogens with one attached hydrogen (secondary N) is 2. The van der Waals surface area contributed by atoms with Crippen LogP contribution in [0.25, 0.3) is 0 Å². The van der Waals surface area contributed by atoms with Gasteiger partial charge in [0.25, 0.3) is 0 Å². The zero-order chi connectivity index (χ0) is 34.4. The van der Waals surface area contributed by atoms with Crippen LogP contribution >= 0.6 is 0 Å². The number of phenols is 2. The molecule has 49 heavy (non-hydrogen) atoms. The predicted molar refractivity (Wildman–Crippen MR) is 195 cm³/mol. The van der Waals surface area contributed by atoms with Gasteiger partial charge in [-0.2, -0.15) is 0 Å². The number of benzene rings is 6. The Morgan fingerprint density at radius 3 is 1.16 bits per heavy atom. The van der Waals surface area contributed by atoms with E-state index in [2.05, 4.69) is 10.6 Å². The number of anilines is 2. The lowest BCUT2D eigenvalue weighted by atomic mass is 9.75. The minimum atomic E-state index is -0.795. The molecule has 2 amide bonds. The summed E-state index contributed by atoms with van der Waals surface area (Å²) in [6.45, 7) is 4.09. The molecule has 0 aliphatic carbocycles. The summed E-state index contributed by atoms with van der Waals surface area (Å²) in [5, 5.41) is 28.5. The van der Waals surface area contributed by atoms with Gasteiger partial charge in [-0.1, -0.05) is 135 Å². The molecule has 0 bridgehead atoms. The molecule has 244 valence electrons. The molecule has 0 aromatic heterocycles. The van der Waals surface area contributed by atoms with Gasteiger partial charge in [-0.05, 0) is 58.7 Å². The lowest BCUT2D eigenvalue weighted by Gasteiger charge is -2.29. The van der Waals surface area contributed by atoms with E-state index in [-0.39, 0.29) is 23.3 Å². The molecule has 2 atom stereocenters. The normalized spacial score (nSPS) is 12.4. The van der Waals surface area contributed by atoms with Crippen LogP contribution in [0.15, 0.2) is 158 Å². The quantitative estimate of drug-likeness (QED) is 0.119. The van der Waals surface area contributed by atoms with Gasteiger partial charge in [0.05, 0.1) is 11.8 Å². The third-order valence-corrected chi connectivity index (χ3v) is 8.99. The number of para-hydroxylation sites is 2. The van der Waals surface area contributed by atoms with Gasteiger partial charge in [-0.15, -0.1) is 0 Å². The average molecular weight is 647 g/mol. The zero-order valence-electron chi connectivity index (χ0n) is 27.4. The number of carbonyl (C=O) groups is 2. The van der Waals surface area contributed by atoms with Gasteiger partial charge in [0.15, 0.2) is 0 Å². The van der Waals surface area contributed by atoms with E-state index in [4.69, 9.17) is 0 Å². The Kier molecular flexibility index (Phi) is 9.58. The van der Waals surface area contributed by atoms with Crippen LogP contribution < -0.4 is 10.6 Å². The molecule has 0 radical (unpaired) electrons. The summed E-state index contributed by atoms with van der Waals surface area (Å²) in [7, 11) is 0. The Morgan fingerprint density at radius 1 is 0.490 bits per heavy atom. The van der Waals surface area contributed by atoms with E-state index in [1.54, 1.807) is 12.1 Å². The molecule has 6 aromatic carbocycles. The van der Waals surface area contributed by atoms with E-state index in [0.29, 0.717) is 22.5 Å². The van der Waals surface area contributed by atoms with Gasteiger partial charge in [0.1, 0.15) is 11.5 Å². The Hall–Kier alpha value is -6.14. The van der Waals surface area contributed by atoms with E-state index >= 15 is 0 Å². The fourth-order valence-electron chi connectivity index (χ4n) is 6.22. The van der Waals surface area contributed by atoms with Crippen molar-refractivity contribution in [2.24, 2.45) is 0 Å². The maximum absolute atomic E-state index is 13.9. The van der Waals surface area contributed by atoms with E-state index in [1.165, 1.54) is 0 Å². The largest absolute Gasteiger partial charge is 0.508 e. The number of amides is 2. The van der Waals surface area contributed by atoms with Gasteiger partial charge in [-0.25, -0.2) is 0 Å². The maximum atomic E-state index is 13.9. The van der Waals surface area contributed by atoms with Crippen molar-refractivity contribution in [3.8, 4) is 11.5 Å². The second-order valence-corrected chi connectivity index (χ2v) is 12.6. The summed E-state index contributed by atoms with van der Waals surface area (Å²) in [6.07, 6.45) is 0. The fraction of sp³-hybridized carbons (Fsp3) is 0.116. The molecule has 6 heteroatoms. The van der Waals surface area contributed by atoms with Crippen molar-refractivity contribution >= 4 is 23.2 Å². The Balaban J connectivity index is 1.40. The minimum Gasteiger partial charge on any atom is -0.508 e. The number of phenolic OH excluding ortho intramolecular Hbond substituents is 2. The molecule has 0 spiro atoms. The lowest BCUT2D eigenvalue weighted by molar-refractivity contribution is -0.117. The van der Waals surface area contributed by atoms with Crippen LogP contribution in [0, 0.1) is 0 Å². The molecule has 0 saturated carbocycles. The summed E-state index contributed by atoms with van der Waals surface area (Å²) >= 11 is 0. The first kappa shape index (κ1) is 32.8. The van der Waals surface area contributed by atoms with Gasteiger partial charge in [-0.3, -0.25) is 9.59 Å². The number of hydrogen-bond acceptors (Lipinski definition) is 4. The van der Waals surface area contributed by atoms with Crippen molar-refractivity contribution in [1.82, 2.24) is 0 Å². The first-order valence-electron chi connectivity index (χ1n) is 16.2. The van der Waals surface area contributed by atoms with E-state index < -0.39 is 17.3 Å². The molecule has 4 N–H and O–H groups in total. The van der Waals surface area contributed by atoms with Crippen molar-refractivity contribution in [2.75, 3.05) is 10.6 Å². The third-order valence-electron chi connectivity index (χ3n) is 8.99. The molecule has 0 heterocycles. The second kappa shape index (κ2) is 14.3. The standard InChI is InChI=1S/C43H38N2O4/c1-43(2,31-23-25-37(46)35(27-31)39(29-15-7-3-8-16-29)41(48)44-33-19-11-5-12-20-33)32-24-26-38(47)36(28-32)40(30-17-9-4-10-18-30)42(49)45-34-21-13-6-14-22-34/h3-28,39-40,46-47H,1-2H3,(H,44,48)(H,45,49). The van der Waals surface area contributed by atoms with Crippen LogP contribution in [0.3, 0.4) is 0 Å². The molecule has 2 unspecified atom stereocenters. The van der Waals surface area contributed by atoms with Gasteiger partial charge in [0.2, 0.25) is 11.8 Å². The number of aromatic hydroxyl groups is 2. The van der Waals surface area contributed by atoms with Crippen molar-refractivity contribution in [3.63, 3.8) is 0 Å². The minimum absolute atomic E-state index is 0.00438. The molecular weight excluding hydrogens is 608 g/mol. The monoisotopic (exact) mass is 646 g/mol. The van der Waals surface area contributed by atoms with Crippen molar-refractivity contribution in [1.29, 1.82) is 0 Å².